The van der Waals surface area contributed by atoms with Crippen molar-refractivity contribution in [2.45, 2.75) is 31.6 Å². The van der Waals surface area contributed by atoms with E-state index in [9.17, 15) is 4.79 Å². The number of hydrogen-bond acceptors (Lipinski definition) is 5. The maximum absolute atomic E-state index is 12.1. The van der Waals surface area contributed by atoms with E-state index in [1.165, 1.54) is 24.1 Å². The van der Waals surface area contributed by atoms with Crippen molar-refractivity contribution in [3.8, 4) is 5.75 Å². The van der Waals surface area contributed by atoms with Crippen LogP contribution in [-0.2, 0) is 4.79 Å². The molecule has 0 saturated carbocycles. The van der Waals surface area contributed by atoms with Gasteiger partial charge in [-0.05, 0) is 37.0 Å². The number of rotatable bonds is 3. The van der Waals surface area contributed by atoms with Crippen molar-refractivity contribution in [2.75, 3.05) is 30.4 Å². The summed E-state index contributed by atoms with van der Waals surface area (Å²) in [6, 6.07) is 8.00. The Kier molecular flexibility index (Phi) is 4.14. The Morgan fingerprint density at radius 1 is 1.21 bits per heavy atom. The molecule has 126 valence electrons. The van der Waals surface area contributed by atoms with Gasteiger partial charge in [-0.25, -0.2) is 4.98 Å². The number of carbonyl (C=O) groups excluding carboxylic acids is 1. The summed E-state index contributed by atoms with van der Waals surface area (Å²) in [5.74, 6) is 1.70. The minimum Gasteiger partial charge on any atom is -0.497 e. The van der Waals surface area contributed by atoms with Crippen molar-refractivity contribution < 1.29 is 9.53 Å². The zero-order chi connectivity index (χ0) is 16.5. The van der Waals surface area contributed by atoms with E-state index >= 15 is 0 Å². The lowest BCUT2D eigenvalue weighted by Crippen LogP contribution is -2.29. The molecule has 2 aliphatic heterocycles. The Hall–Kier alpha value is -2.08. The molecule has 0 bridgehead atoms. The number of aromatic nitrogens is 1. The molecule has 1 aromatic heterocycles. The summed E-state index contributed by atoms with van der Waals surface area (Å²) in [7, 11) is 1.66. The molecule has 1 fully saturated rings. The standard InChI is InChI=1S/C18H21N3O2S/c1-23-13-7-5-12(6-8-13)14-11-15(22)19-17-16(14)24-18(20-17)21-9-3-2-4-10-21/h5-8,14H,2-4,9-11H2,1H3,(H,19,22). The van der Waals surface area contributed by atoms with Gasteiger partial charge >= 0.3 is 0 Å². The van der Waals surface area contributed by atoms with Crippen LogP contribution < -0.4 is 15.0 Å². The molecule has 0 spiro atoms. The van der Waals surface area contributed by atoms with Crippen LogP contribution in [0.25, 0.3) is 0 Å². The third-order valence-corrected chi connectivity index (χ3v) is 5.98. The van der Waals surface area contributed by atoms with E-state index < -0.39 is 0 Å². The highest BCUT2D eigenvalue weighted by Crippen LogP contribution is 2.43. The number of benzene rings is 1. The summed E-state index contributed by atoms with van der Waals surface area (Å²) in [5.41, 5.74) is 1.14. The first kappa shape index (κ1) is 15.4. The number of nitrogens with zero attached hydrogens (tertiary/aromatic N) is 2. The third-order valence-electron chi connectivity index (χ3n) is 4.75. The van der Waals surface area contributed by atoms with Gasteiger partial charge in [0.05, 0.1) is 12.0 Å². The predicted octanol–water partition coefficient (Wildman–Crippen LogP) is 3.62. The van der Waals surface area contributed by atoms with Crippen molar-refractivity contribution in [3.63, 3.8) is 0 Å². The Balaban J connectivity index is 1.67. The third kappa shape index (κ3) is 2.86. The van der Waals surface area contributed by atoms with Crippen LogP contribution in [-0.4, -0.2) is 31.1 Å². The molecule has 6 heteroatoms. The number of hydrogen-bond donors (Lipinski definition) is 1. The molecular formula is C18H21N3O2S. The lowest BCUT2D eigenvalue weighted by molar-refractivity contribution is -0.116. The van der Waals surface area contributed by atoms with Crippen LogP contribution in [0.2, 0.25) is 0 Å². The fourth-order valence-electron chi connectivity index (χ4n) is 3.43. The number of piperidine rings is 1. The lowest BCUT2D eigenvalue weighted by Gasteiger charge is -2.25. The largest absolute Gasteiger partial charge is 0.497 e. The number of thiazole rings is 1. The Morgan fingerprint density at radius 3 is 2.67 bits per heavy atom. The topological polar surface area (TPSA) is 54.5 Å². The van der Waals surface area contributed by atoms with Crippen LogP contribution in [0.5, 0.6) is 5.75 Å². The van der Waals surface area contributed by atoms with Crippen LogP contribution in [0.3, 0.4) is 0 Å². The molecule has 1 unspecified atom stereocenters. The quantitative estimate of drug-likeness (QED) is 0.925. The van der Waals surface area contributed by atoms with Crippen LogP contribution >= 0.6 is 11.3 Å². The Morgan fingerprint density at radius 2 is 1.96 bits per heavy atom. The van der Waals surface area contributed by atoms with Crippen LogP contribution in [0.4, 0.5) is 10.9 Å². The minimum absolute atomic E-state index is 0.0406. The van der Waals surface area contributed by atoms with Gasteiger partial charge in [0.1, 0.15) is 11.6 Å². The molecule has 24 heavy (non-hydrogen) atoms. The zero-order valence-corrected chi connectivity index (χ0v) is 14.6. The molecule has 2 aromatic rings. The first-order valence-corrected chi connectivity index (χ1v) is 9.26. The number of methoxy groups -OCH3 is 1. The van der Waals surface area contributed by atoms with Gasteiger partial charge in [-0.3, -0.25) is 4.79 Å². The van der Waals surface area contributed by atoms with Crippen molar-refractivity contribution in [1.82, 2.24) is 4.98 Å². The normalized spacial score (nSPS) is 20.5. The highest BCUT2D eigenvalue weighted by Gasteiger charge is 2.31. The molecule has 1 amide bonds. The smallest absolute Gasteiger partial charge is 0.226 e. The van der Waals surface area contributed by atoms with E-state index in [2.05, 4.69) is 10.2 Å². The van der Waals surface area contributed by atoms with Crippen molar-refractivity contribution in [3.05, 3.63) is 34.7 Å². The Bertz CT molecular complexity index is 735. The number of carbonyl (C=O) groups is 1. The van der Waals surface area contributed by atoms with E-state index in [-0.39, 0.29) is 11.8 Å². The fraction of sp³-hybridized carbons (Fsp3) is 0.444. The monoisotopic (exact) mass is 343 g/mol. The molecule has 0 radical (unpaired) electrons. The zero-order valence-electron chi connectivity index (χ0n) is 13.7. The molecule has 3 heterocycles. The maximum atomic E-state index is 12.1. The molecule has 4 rings (SSSR count). The van der Waals surface area contributed by atoms with Gasteiger partial charge in [0.15, 0.2) is 5.13 Å². The van der Waals surface area contributed by atoms with E-state index in [0.717, 1.165) is 35.4 Å². The first-order valence-electron chi connectivity index (χ1n) is 8.44. The van der Waals surface area contributed by atoms with E-state index in [1.54, 1.807) is 18.4 Å². The average Bonchev–Trinajstić information content (AvgIpc) is 3.06. The number of anilines is 2. The lowest BCUT2D eigenvalue weighted by atomic mass is 9.91. The van der Waals surface area contributed by atoms with E-state index in [4.69, 9.17) is 9.72 Å². The van der Waals surface area contributed by atoms with Crippen LogP contribution in [0.1, 0.15) is 42.0 Å². The minimum atomic E-state index is 0.0406. The number of nitrogens with one attached hydrogen (secondary N) is 1. The Labute approximate surface area is 145 Å². The molecule has 1 saturated heterocycles. The number of ether oxygens (including phenoxy) is 1. The average molecular weight is 343 g/mol. The molecule has 1 aromatic carbocycles. The second-order valence-electron chi connectivity index (χ2n) is 6.34. The van der Waals surface area contributed by atoms with Crippen molar-refractivity contribution in [2.24, 2.45) is 0 Å². The molecule has 1 N–H and O–H groups in total. The molecular weight excluding hydrogens is 322 g/mol. The molecule has 0 aliphatic carbocycles. The van der Waals surface area contributed by atoms with Gasteiger partial charge in [0.2, 0.25) is 5.91 Å². The fourth-order valence-corrected chi connectivity index (χ4v) is 4.63. The van der Waals surface area contributed by atoms with E-state index in [1.807, 2.05) is 24.3 Å². The van der Waals surface area contributed by atoms with Gasteiger partial charge in [-0.2, -0.15) is 0 Å². The van der Waals surface area contributed by atoms with Crippen molar-refractivity contribution in [1.29, 1.82) is 0 Å². The molecule has 5 nitrogen and oxygen atoms in total. The van der Waals surface area contributed by atoms with Gasteiger partial charge in [0.25, 0.3) is 0 Å². The predicted molar refractivity (Wildman–Crippen MR) is 96.3 cm³/mol. The second kappa shape index (κ2) is 6.43. The SMILES string of the molecule is COc1ccc(C2CC(=O)Nc3nc(N4CCCCC4)sc32)cc1. The first-order chi connectivity index (χ1) is 11.7. The van der Waals surface area contributed by atoms with Crippen LogP contribution in [0.15, 0.2) is 24.3 Å². The van der Waals surface area contributed by atoms with Crippen molar-refractivity contribution >= 4 is 28.2 Å². The van der Waals surface area contributed by atoms with E-state index in [0.29, 0.717) is 6.42 Å². The maximum Gasteiger partial charge on any atom is 0.226 e. The number of fused-ring (bicyclic) bond motifs is 1. The highest BCUT2D eigenvalue weighted by molar-refractivity contribution is 7.16. The summed E-state index contributed by atoms with van der Waals surface area (Å²) in [5, 5.41) is 3.99. The van der Waals surface area contributed by atoms with Gasteiger partial charge in [0, 0.05) is 25.4 Å². The van der Waals surface area contributed by atoms with Gasteiger partial charge < -0.3 is 15.0 Å². The highest BCUT2D eigenvalue weighted by atomic mass is 32.1. The summed E-state index contributed by atoms with van der Waals surface area (Å²) < 4.78 is 5.23. The van der Waals surface area contributed by atoms with Gasteiger partial charge in [-0.15, -0.1) is 0 Å². The van der Waals surface area contributed by atoms with Gasteiger partial charge in [-0.1, -0.05) is 23.5 Å². The summed E-state index contributed by atoms with van der Waals surface area (Å²) in [6.07, 6.45) is 4.21. The van der Waals surface area contributed by atoms with Crippen LogP contribution in [0, 0.1) is 0 Å². The summed E-state index contributed by atoms with van der Waals surface area (Å²) >= 11 is 1.73. The second-order valence-corrected chi connectivity index (χ2v) is 7.34. The molecule has 2 aliphatic rings. The molecule has 1 atom stereocenters. The summed E-state index contributed by atoms with van der Waals surface area (Å²) in [4.78, 5) is 20.4. The number of amides is 1. The summed E-state index contributed by atoms with van der Waals surface area (Å²) in [6.45, 7) is 2.13.